The summed E-state index contributed by atoms with van der Waals surface area (Å²) < 4.78 is 2.20. The van der Waals surface area contributed by atoms with Crippen LogP contribution in [0, 0.1) is 11.8 Å². The van der Waals surface area contributed by atoms with Gasteiger partial charge in [-0.1, -0.05) is 33.1 Å². The molecule has 1 heterocycles. The van der Waals surface area contributed by atoms with Gasteiger partial charge in [0.25, 0.3) is 0 Å². The predicted octanol–water partition coefficient (Wildman–Crippen LogP) is 3.94. The summed E-state index contributed by atoms with van der Waals surface area (Å²) in [6.07, 6.45) is 7.91. The predicted molar refractivity (Wildman–Crippen MR) is 84.8 cm³/mol. The Balaban J connectivity index is 2.20. The van der Waals surface area contributed by atoms with E-state index in [1.807, 2.05) is 0 Å². The van der Waals surface area contributed by atoms with Crippen LogP contribution in [0.3, 0.4) is 0 Å². The fraction of sp³-hybridized carbons (Fsp3) is 0.824. The van der Waals surface area contributed by atoms with E-state index in [0.29, 0.717) is 6.04 Å². The highest BCUT2D eigenvalue weighted by Crippen LogP contribution is 2.38. The maximum Gasteiger partial charge on any atom is 0.0625 e. The zero-order valence-corrected chi connectivity index (χ0v) is 13.7. The molecule has 0 aromatic carbocycles. The summed E-state index contributed by atoms with van der Waals surface area (Å²) in [5.41, 5.74) is 2.62. The molecule has 0 aliphatic heterocycles. The van der Waals surface area contributed by atoms with Crippen LogP contribution in [0.25, 0.3) is 0 Å². The lowest BCUT2D eigenvalue weighted by Crippen LogP contribution is -2.31. The second-order valence-corrected chi connectivity index (χ2v) is 6.20. The van der Waals surface area contributed by atoms with E-state index in [1.165, 1.54) is 43.5 Å². The van der Waals surface area contributed by atoms with Gasteiger partial charge in [-0.05, 0) is 51.1 Å². The van der Waals surface area contributed by atoms with Gasteiger partial charge in [-0.15, -0.1) is 0 Å². The average molecular weight is 277 g/mol. The Labute approximate surface area is 124 Å². The van der Waals surface area contributed by atoms with Gasteiger partial charge >= 0.3 is 0 Å². The molecule has 1 fully saturated rings. The first-order valence-corrected chi connectivity index (χ1v) is 8.47. The molecule has 3 atom stereocenters. The fourth-order valence-electron chi connectivity index (χ4n) is 3.79. The minimum Gasteiger partial charge on any atom is -0.311 e. The lowest BCUT2D eigenvalue weighted by molar-refractivity contribution is 0.209. The second kappa shape index (κ2) is 7.26. The normalized spacial score (nSPS) is 24.8. The Morgan fingerprint density at radius 3 is 2.75 bits per heavy atom. The number of aromatic nitrogens is 2. The van der Waals surface area contributed by atoms with Crippen LogP contribution in [-0.4, -0.2) is 16.8 Å². The standard InChI is InChI=1S/C17H31N3/c1-5-13-9-8-10-14(11-13)17(18-4)16-12-15(6-2)19-20(16)7-3/h12-14,17-18H,5-11H2,1-4H3. The van der Waals surface area contributed by atoms with Crippen LogP contribution in [-0.2, 0) is 13.0 Å². The van der Waals surface area contributed by atoms with Gasteiger partial charge in [0.1, 0.15) is 0 Å². The van der Waals surface area contributed by atoms with Gasteiger partial charge in [-0.25, -0.2) is 0 Å². The third kappa shape index (κ3) is 3.25. The highest BCUT2D eigenvalue weighted by molar-refractivity contribution is 5.16. The second-order valence-electron chi connectivity index (χ2n) is 6.20. The summed E-state index contributed by atoms with van der Waals surface area (Å²) in [4.78, 5) is 0. The maximum atomic E-state index is 4.73. The smallest absolute Gasteiger partial charge is 0.0625 e. The number of nitrogens with zero attached hydrogens (tertiary/aromatic N) is 2. The van der Waals surface area contributed by atoms with E-state index in [9.17, 15) is 0 Å². The molecule has 1 aliphatic rings. The summed E-state index contributed by atoms with van der Waals surface area (Å²) in [7, 11) is 2.11. The van der Waals surface area contributed by atoms with Crippen molar-refractivity contribution < 1.29 is 0 Å². The molecule has 114 valence electrons. The largest absolute Gasteiger partial charge is 0.311 e. The quantitative estimate of drug-likeness (QED) is 0.853. The van der Waals surface area contributed by atoms with E-state index in [0.717, 1.165) is 24.8 Å². The first-order chi connectivity index (χ1) is 9.73. The molecule has 1 aliphatic carbocycles. The van der Waals surface area contributed by atoms with E-state index in [1.54, 1.807) is 0 Å². The Morgan fingerprint density at radius 1 is 1.35 bits per heavy atom. The average Bonchev–Trinajstić information content (AvgIpc) is 2.91. The molecule has 0 saturated heterocycles. The maximum absolute atomic E-state index is 4.73. The van der Waals surface area contributed by atoms with E-state index >= 15 is 0 Å². The van der Waals surface area contributed by atoms with Crippen LogP contribution >= 0.6 is 0 Å². The van der Waals surface area contributed by atoms with Crippen molar-refractivity contribution in [2.24, 2.45) is 11.8 Å². The summed E-state index contributed by atoms with van der Waals surface area (Å²) in [5.74, 6) is 1.69. The van der Waals surface area contributed by atoms with Gasteiger partial charge in [0.15, 0.2) is 0 Å². The molecule has 1 N–H and O–H groups in total. The van der Waals surface area contributed by atoms with Gasteiger partial charge in [-0.2, -0.15) is 5.10 Å². The Morgan fingerprint density at radius 2 is 2.15 bits per heavy atom. The molecule has 0 radical (unpaired) electrons. The summed E-state index contributed by atoms with van der Waals surface area (Å²) in [6, 6.07) is 2.79. The first kappa shape index (κ1) is 15.6. The van der Waals surface area contributed by atoms with Gasteiger partial charge in [0.2, 0.25) is 0 Å². The van der Waals surface area contributed by atoms with E-state index in [4.69, 9.17) is 5.10 Å². The van der Waals surface area contributed by atoms with Crippen LogP contribution < -0.4 is 5.32 Å². The minimum absolute atomic E-state index is 0.470. The Kier molecular flexibility index (Phi) is 5.64. The number of hydrogen-bond donors (Lipinski definition) is 1. The zero-order valence-electron chi connectivity index (χ0n) is 13.7. The van der Waals surface area contributed by atoms with Crippen LogP contribution in [0.4, 0.5) is 0 Å². The van der Waals surface area contributed by atoms with Crippen molar-refractivity contribution in [1.29, 1.82) is 0 Å². The van der Waals surface area contributed by atoms with Crippen molar-refractivity contribution in [2.45, 2.75) is 71.9 Å². The summed E-state index contributed by atoms with van der Waals surface area (Å²) >= 11 is 0. The fourth-order valence-corrected chi connectivity index (χ4v) is 3.79. The van der Waals surface area contributed by atoms with Crippen molar-refractivity contribution in [1.82, 2.24) is 15.1 Å². The van der Waals surface area contributed by atoms with E-state index in [2.05, 4.69) is 43.9 Å². The monoisotopic (exact) mass is 277 g/mol. The number of nitrogens with one attached hydrogen (secondary N) is 1. The van der Waals surface area contributed by atoms with Crippen LogP contribution in [0.2, 0.25) is 0 Å². The number of hydrogen-bond acceptors (Lipinski definition) is 2. The lowest BCUT2D eigenvalue weighted by atomic mass is 9.76. The van der Waals surface area contributed by atoms with Gasteiger partial charge in [0.05, 0.1) is 17.4 Å². The van der Waals surface area contributed by atoms with Crippen LogP contribution in [0.15, 0.2) is 6.07 Å². The van der Waals surface area contributed by atoms with Gasteiger partial charge < -0.3 is 5.32 Å². The van der Waals surface area contributed by atoms with Crippen molar-refractivity contribution in [3.63, 3.8) is 0 Å². The molecular weight excluding hydrogens is 246 g/mol. The van der Waals surface area contributed by atoms with E-state index in [-0.39, 0.29) is 0 Å². The summed E-state index contributed by atoms with van der Waals surface area (Å²) in [6.45, 7) is 7.69. The Hall–Kier alpha value is -0.830. The van der Waals surface area contributed by atoms with Crippen molar-refractivity contribution in [2.75, 3.05) is 7.05 Å². The Bertz CT molecular complexity index is 410. The SMILES string of the molecule is CCc1cc(C(NC)C2CCCC(CC)C2)n(CC)n1. The molecule has 3 nitrogen and oxygen atoms in total. The molecule has 2 rings (SSSR count). The minimum atomic E-state index is 0.470. The zero-order chi connectivity index (χ0) is 14.5. The number of aryl methyl sites for hydroxylation is 2. The molecule has 0 amide bonds. The van der Waals surface area contributed by atoms with Crippen molar-refractivity contribution >= 4 is 0 Å². The molecule has 0 spiro atoms. The highest BCUT2D eigenvalue weighted by Gasteiger charge is 2.30. The van der Waals surface area contributed by atoms with Crippen LogP contribution in [0.5, 0.6) is 0 Å². The van der Waals surface area contributed by atoms with E-state index < -0.39 is 0 Å². The first-order valence-electron chi connectivity index (χ1n) is 8.47. The molecule has 1 saturated carbocycles. The van der Waals surface area contributed by atoms with Crippen molar-refractivity contribution in [3.8, 4) is 0 Å². The molecule has 1 aromatic rings. The van der Waals surface area contributed by atoms with Gasteiger partial charge in [-0.3, -0.25) is 4.68 Å². The molecule has 1 aromatic heterocycles. The molecule has 3 unspecified atom stereocenters. The third-order valence-corrected chi connectivity index (χ3v) is 5.03. The third-order valence-electron chi connectivity index (χ3n) is 5.03. The molecule has 0 bridgehead atoms. The lowest BCUT2D eigenvalue weighted by Gasteiger charge is -2.34. The molecule has 20 heavy (non-hydrogen) atoms. The number of rotatable bonds is 6. The topological polar surface area (TPSA) is 29.9 Å². The highest BCUT2D eigenvalue weighted by atomic mass is 15.3. The van der Waals surface area contributed by atoms with Crippen LogP contribution in [0.1, 0.15) is 70.3 Å². The van der Waals surface area contributed by atoms with Gasteiger partial charge in [0, 0.05) is 6.54 Å². The van der Waals surface area contributed by atoms with Crippen molar-refractivity contribution in [3.05, 3.63) is 17.5 Å². The molecular formula is C17H31N3. The summed E-state index contributed by atoms with van der Waals surface area (Å²) in [5, 5.41) is 8.31. The molecule has 3 heteroatoms.